The van der Waals surface area contributed by atoms with Gasteiger partial charge >= 0.3 is 39.5 Å². The van der Waals surface area contributed by atoms with Gasteiger partial charge in [-0.2, -0.15) is 0 Å². The quantitative estimate of drug-likeness (QED) is 0.0222. The molecule has 0 saturated carbocycles. The topological polar surface area (TPSA) is 237 Å². The average Bonchev–Trinajstić information content (AvgIpc) is 0.987. The fraction of sp³-hybridized carbons (Fsp3) is 0.951. The van der Waals surface area contributed by atoms with Gasteiger partial charge in [0, 0.05) is 25.7 Å². The van der Waals surface area contributed by atoms with Gasteiger partial charge in [-0.05, 0) is 37.5 Å². The zero-order valence-corrected chi connectivity index (χ0v) is 67.3. The first-order valence-corrected chi connectivity index (χ1v) is 45.0. The lowest BCUT2D eigenvalue weighted by Gasteiger charge is -2.21. The summed E-state index contributed by atoms with van der Waals surface area (Å²) in [6.07, 6.45) is 62.6. The van der Waals surface area contributed by atoms with Crippen molar-refractivity contribution in [2.45, 2.75) is 445 Å². The van der Waals surface area contributed by atoms with Gasteiger partial charge in [-0.3, -0.25) is 37.3 Å². The van der Waals surface area contributed by atoms with E-state index < -0.39 is 97.5 Å². The van der Waals surface area contributed by atoms with Gasteiger partial charge in [0.15, 0.2) is 12.2 Å². The first kappa shape index (κ1) is 98.1. The maximum absolute atomic E-state index is 13.1. The molecule has 594 valence electrons. The molecule has 0 aromatic rings. The normalized spacial score (nSPS) is 13.9. The number of esters is 4. The van der Waals surface area contributed by atoms with Crippen LogP contribution in [0.2, 0.25) is 0 Å². The minimum absolute atomic E-state index is 0.106. The highest BCUT2D eigenvalue weighted by molar-refractivity contribution is 7.47. The van der Waals surface area contributed by atoms with E-state index in [4.69, 9.17) is 37.0 Å². The average molecular weight is 1470 g/mol. The van der Waals surface area contributed by atoms with Crippen LogP contribution in [0.15, 0.2) is 0 Å². The van der Waals surface area contributed by atoms with E-state index in [1.54, 1.807) is 0 Å². The van der Waals surface area contributed by atoms with E-state index in [2.05, 4.69) is 41.5 Å². The molecule has 0 aliphatic heterocycles. The molecule has 17 nitrogen and oxygen atoms in total. The second kappa shape index (κ2) is 72.6. The standard InChI is InChI=1S/C81H158O17P2/c1-7-9-11-13-15-17-19-20-21-22-26-29-32-36-39-45-51-57-63-78(83)91-69-76(97-81(86)66-60-54-47-41-37-33-30-27-24-23-25-28-31-35-38-43-49-55-61-73(3)4)71-95-99(87,88)93-67-75(82)68-94-100(89,90)96-72-77(70-92-79(84)64-58-52-48-42-44-50-56-62-74(5)6)98-80(85)65-59-53-46-40-34-18-16-14-12-10-8-2/h73-77,82H,7-72H2,1-6H3,(H,87,88)(H,89,90)/t75-,76-,77-/m1/s1. The third-order valence-electron chi connectivity index (χ3n) is 19.0. The fourth-order valence-electron chi connectivity index (χ4n) is 12.5. The smallest absolute Gasteiger partial charge is 0.462 e. The molecule has 0 aliphatic carbocycles. The highest BCUT2D eigenvalue weighted by Gasteiger charge is 2.30. The number of carbonyl (C=O) groups is 4. The Morgan fingerprint density at radius 1 is 0.270 bits per heavy atom. The van der Waals surface area contributed by atoms with Crippen molar-refractivity contribution in [3.63, 3.8) is 0 Å². The van der Waals surface area contributed by atoms with E-state index in [-0.39, 0.29) is 25.7 Å². The molecule has 100 heavy (non-hydrogen) atoms. The Morgan fingerprint density at radius 3 is 0.680 bits per heavy atom. The van der Waals surface area contributed by atoms with Crippen molar-refractivity contribution in [1.29, 1.82) is 0 Å². The maximum Gasteiger partial charge on any atom is 0.472 e. The summed E-state index contributed by atoms with van der Waals surface area (Å²) in [6, 6.07) is 0. The lowest BCUT2D eigenvalue weighted by molar-refractivity contribution is -0.161. The molecule has 2 unspecified atom stereocenters. The number of phosphoric acid groups is 2. The lowest BCUT2D eigenvalue weighted by Crippen LogP contribution is -2.30. The van der Waals surface area contributed by atoms with E-state index >= 15 is 0 Å². The molecular weight excluding hydrogens is 1310 g/mol. The molecule has 0 heterocycles. The van der Waals surface area contributed by atoms with E-state index in [1.165, 1.54) is 238 Å². The summed E-state index contributed by atoms with van der Waals surface area (Å²) in [5.74, 6) is -0.584. The summed E-state index contributed by atoms with van der Waals surface area (Å²) in [6.45, 7) is 9.61. The van der Waals surface area contributed by atoms with Gasteiger partial charge in [-0.15, -0.1) is 0 Å². The van der Waals surface area contributed by atoms with Crippen LogP contribution in [0.3, 0.4) is 0 Å². The zero-order valence-electron chi connectivity index (χ0n) is 65.5. The predicted molar refractivity (Wildman–Crippen MR) is 409 cm³/mol. The Bertz CT molecular complexity index is 1920. The number of rotatable bonds is 80. The second-order valence-corrected chi connectivity index (χ2v) is 33.0. The van der Waals surface area contributed by atoms with Crippen LogP contribution in [0.5, 0.6) is 0 Å². The number of unbranched alkanes of at least 4 members (excludes halogenated alkanes) is 50. The first-order chi connectivity index (χ1) is 48.4. The molecule has 19 heteroatoms. The van der Waals surface area contributed by atoms with Gasteiger partial charge in [0.25, 0.3) is 0 Å². The van der Waals surface area contributed by atoms with E-state index in [9.17, 15) is 43.2 Å². The Kier molecular flexibility index (Phi) is 71.2. The van der Waals surface area contributed by atoms with Crippen LogP contribution in [-0.2, 0) is 65.4 Å². The molecule has 3 N–H and O–H groups in total. The summed E-state index contributed by atoms with van der Waals surface area (Å²) < 4.78 is 68.6. The number of phosphoric ester groups is 2. The summed E-state index contributed by atoms with van der Waals surface area (Å²) in [7, 11) is -9.92. The number of aliphatic hydroxyl groups excluding tert-OH is 1. The van der Waals surface area contributed by atoms with Crippen molar-refractivity contribution in [2.24, 2.45) is 11.8 Å². The third kappa shape index (κ3) is 74.3. The maximum atomic E-state index is 13.1. The molecule has 0 amide bonds. The van der Waals surface area contributed by atoms with Crippen LogP contribution >= 0.6 is 15.6 Å². The van der Waals surface area contributed by atoms with Crippen molar-refractivity contribution < 1.29 is 80.2 Å². The molecule has 0 aliphatic rings. The Morgan fingerprint density at radius 2 is 0.460 bits per heavy atom. The SMILES string of the molecule is CCCCCCCCCCCCCCCCCCCCC(=O)OC[C@H](COP(=O)(O)OC[C@@H](O)COP(=O)(O)OC[C@@H](COC(=O)CCCCCCCCCC(C)C)OC(=O)CCCCCCCCCCCCC)OC(=O)CCCCCCCCCCCCCCCCCCCCC(C)C. The molecule has 5 atom stereocenters. The number of ether oxygens (including phenoxy) is 4. The molecule has 0 fully saturated rings. The van der Waals surface area contributed by atoms with Crippen molar-refractivity contribution in [1.82, 2.24) is 0 Å². The van der Waals surface area contributed by atoms with Crippen LogP contribution < -0.4 is 0 Å². The van der Waals surface area contributed by atoms with Crippen LogP contribution in [0, 0.1) is 11.8 Å². The minimum Gasteiger partial charge on any atom is -0.462 e. The van der Waals surface area contributed by atoms with Gasteiger partial charge in [0.1, 0.15) is 19.3 Å². The molecule has 0 saturated heterocycles. The van der Waals surface area contributed by atoms with Crippen LogP contribution in [0.4, 0.5) is 0 Å². The van der Waals surface area contributed by atoms with Crippen LogP contribution in [-0.4, -0.2) is 96.7 Å². The van der Waals surface area contributed by atoms with E-state index in [0.29, 0.717) is 31.6 Å². The van der Waals surface area contributed by atoms with Crippen LogP contribution in [0.25, 0.3) is 0 Å². The Hall–Kier alpha value is -1.94. The van der Waals surface area contributed by atoms with Gasteiger partial charge in [0.2, 0.25) is 0 Å². The van der Waals surface area contributed by atoms with Crippen molar-refractivity contribution >= 4 is 39.5 Å². The highest BCUT2D eigenvalue weighted by Crippen LogP contribution is 2.45. The van der Waals surface area contributed by atoms with Gasteiger partial charge < -0.3 is 33.8 Å². The first-order valence-electron chi connectivity index (χ1n) is 42.0. The van der Waals surface area contributed by atoms with Gasteiger partial charge in [-0.1, -0.05) is 375 Å². The summed E-state index contributed by atoms with van der Waals surface area (Å²) >= 11 is 0. The van der Waals surface area contributed by atoms with Crippen LogP contribution in [0.1, 0.15) is 427 Å². The molecule has 0 aromatic carbocycles. The zero-order chi connectivity index (χ0) is 73.5. The highest BCUT2D eigenvalue weighted by atomic mass is 31.2. The number of carbonyl (C=O) groups excluding carboxylic acids is 4. The largest absolute Gasteiger partial charge is 0.472 e. The Labute approximate surface area is 613 Å². The number of aliphatic hydroxyl groups is 1. The molecule has 0 radical (unpaired) electrons. The fourth-order valence-corrected chi connectivity index (χ4v) is 14.1. The predicted octanol–water partition coefficient (Wildman–Crippen LogP) is 24.3. The van der Waals surface area contributed by atoms with Gasteiger partial charge in [0.05, 0.1) is 26.4 Å². The Balaban J connectivity index is 5.20. The second-order valence-electron chi connectivity index (χ2n) is 30.1. The monoisotopic (exact) mass is 1470 g/mol. The van der Waals surface area contributed by atoms with E-state index in [1.807, 2.05) is 0 Å². The lowest BCUT2D eigenvalue weighted by atomic mass is 10.0. The van der Waals surface area contributed by atoms with Crippen molar-refractivity contribution in [3.8, 4) is 0 Å². The summed E-state index contributed by atoms with van der Waals surface area (Å²) in [5.41, 5.74) is 0. The summed E-state index contributed by atoms with van der Waals surface area (Å²) in [5, 5.41) is 10.6. The molecule has 0 aromatic heterocycles. The molecule has 0 rings (SSSR count). The van der Waals surface area contributed by atoms with Crippen molar-refractivity contribution in [3.05, 3.63) is 0 Å². The van der Waals surface area contributed by atoms with Gasteiger partial charge in [-0.25, -0.2) is 9.13 Å². The number of hydrogen-bond donors (Lipinski definition) is 3. The number of hydrogen-bond acceptors (Lipinski definition) is 15. The summed E-state index contributed by atoms with van der Waals surface area (Å²) in [4.78, 5) is 72.9. The van der Waals surface area contributed by atoms with Crippen molar-refractivity contribution in [2.75, 3.05) is 39.6 Å². The minimum atomic E-state index is -4.96. The third-order valence-corrected chi connectivity index (χ3v) is 20.9. The molecule has 0 spiro atoms. The molecular formula is C81H158O17P2. The van der Waals surface area contributed by atoms with E-state index in [0.717, 1.165) is 102 Å². The molecule has 0 bridgehead atoms.